The maximum atomic E-state index is 13.4. The van der Waals surface area contributed by atoms with Crippen LogP contribution in [0, 0.1) is 13.8 Å². The standard InChI is InChI=1S/C26H36N2O/c1-5-24(26(29)27-25-20(3)12-10-13-21(25)4)28(6-2)18-11-16-23(17-19-28)22-14-8-7-9-15-22/h7-10,12-15,23-24H,5-6,11,16-19H2,1-4H3/p+1. The number of anilines is 1. The fourth-order valence-corrected chi connectivity index (χ4v) is 5.27. The molecule has 2 aromatic carbocycles. The van der Waals surface area contributed by atoms with Crippen molar-refractivity contribution in [2.45, 2.75) is 65.3 Å². The Hall–Kier alpha value is -2.13. The maximum absolute atomic E-state index is 13.4. The number of likely N-dealkylation sites (tertiary alicyclic amines) is 1. The predicted octanol–water partition coefficient (Wildman–Crippen LogP) is 5.82. The number of quaternary nitrogens is 1. The van der Waals surface area contributed by atoms with Gasteiger partial charge < -0.3 is 9.80 Å². The minimum absolute atomic E-state index is 0.00790. The van der Waals surface area contributed by atoms with Gasteiger partial charge in [-0.1, -0.05) is 55.5 Å². The number of carbonyl (C=O) groups is 1. The highest BCUT2D eigenvalue weighted by Gasteiger charge is 2.41. The Balaban J connectivity index is 1.79. The lowest BCUT2D eigenvalue weighted by molar-refractivity contribution is -0.940. The molecule has 29 heavy (non-hydrogen) atoms. The summed E-state index contributed by atoms with van der Waals surface area (Å²) in [7, 11) is 0. The van der Waals surface area contributed by atoms with Gasteiger partial charge in [0.25, 0.3) is 5.91 Å². The molecular formula is C26H37N2O+. The van der Waals surface area contributed by atoms with Crippen LogP contribution in [-0.2, 0) is 4.79 Å². The van der Waals surface area contributed by atoms with E-state index in [4.69, 9.17) is 0 Å². The number of nitrogens with zero attached hydrogens (tertiary/aromatic N) is 1. The lowest BCUT2D eigenvalue weighted by Crippen LogP contribution is -2.60. The Morgan fingerprint density at radius 1 is 1.00 bits per heavy atom. The van der Waals surface area contributed by atoms with Crippen molar-refractivity contribution in [3.05, 3.63) is 65.2 Å². The van der Waals surface area contributed by atoms with E-state index in [0.717, 1.165) is 53.8 Å². The summed E-state index contributed by atoms with van der Waals surface area (Å²) in [4.78, 5) is 13.4. The number of carbonyl (C=O) groups excluding carboxylic acids is 1. The lowest BCUT2D eigenvalue weighted by Gasteiger charge is -2.42. The lowest BCUT2D eigenvalue weighted by atomic mass is 9.92. The van der Waals surface area contributed by atoms with Crippen molar-refractivity contribution in [3.8, 4) is 0 Å². The molecule has 1 N–H and O–H groups in total. The molecule has 0 bridgehead atoms. The van der Waals surface area contributed by atoms with Crippen LogP contribution in [-0.4, -0.2) is 36.1 Å². The number of rotatable bonds is 6. The van der Waals surface area contributed by atoms with Crippen molar-refractivity contribution < 1.29 is 9.28 Å². The van der Waals surface area contributed by atoms with E-state index >= 15 is 0 Å². The number of amides is 1. The third kappa shape index (κ3) is 4.72. The van der Waals surface area contributed by atoms with E-state index in [1.54, 1.807) is 0 Å². The zero-order valence-corrected chi connectivity index (χ0v) is 18.6. The molecule has 1 saturated heterocycles. The van der Waals surface area contributed by atoms with E-state index in [1.165, 1.54) is 18.4 Å². The van der Waals surface area contributed by atoms with Gasteiger partial charge in [0.15, 0.2) is 6.04 Å². The number of hydrogen-bond donors (Lipinski definition) is 1. The van der Waals surface area contributed by atoms with Crippen LogP contribution < -0.4 is 5.32 Å². The normalized spacial score (nSPS) is 23.2. The van der Waals surface area contributed by atoms with Crippen LogP contribution in [0.25, 0.3) is 0 Å². The topological polar surface area (TPSA) is 29.1 Å². The van der Waals surface area contributed by atoms with E-state index in [9.17, 15) is 4.79 Å². The molecule has 0 saturated carbocycles. The first-order valence-electron chi connectivity index (χ1n) is 11.3. The number of nitrogens with one attached hydrogen (secondary N) is 1. The highest BCUT2D eigenvalue weighted by Crippen LogP contribution is 2.33. The number of likely N-dealkylation sites (N-methyl/N-ethyl adjacent to an activating group) is 1. The Labute approximate surface area is 176 Å². The van der Waals surface area contributed by atoms with Crippen LogP contribution in [0.15, 0.2) is 48.5 Å². The summed E-state index contributed by atoms with van der Waals surface area (Å²) in [5.41, 5.74) is 4.71. The van der Waals surface area contributed by atoms with Gasteiger partial charge >= 0.3 is 0 Å². The summed E-state index contributed by atoms with van der Waals surface area (Å²) in [6, 6.07) is 17.1. The molecule has 1 heterocycles. The van der Waals surface area contributed by atoms with Crippen LogP contribution in [0.5, 0.6) is 0 Å². The van der Waals surface area contributed by atoms with Crippen LogP contribution in [0.2, 0.25) is 0 Å². The number of hydrogen-bond acceptors (Lipinski definition) is 1. The van der Waals surface area contributed by atoms with Gasteiger partial charge in [-0.3, -0.25) is 4.79 Å². The molecule has 0 aromatic heterocycles. The Morgan fingerprint density at radius 2 is 1.69 bits per heavy atom. The van der Waals surface area contributed by atoms with Gasteiger partial charge in [0.1, 0.15) is 0 Å². The molecule has 3 nitrogen and oxygen atoms in total. The van der Waals surface area contributed by atoms with E-state index < -0.39 is 0 Å². The molecule has 156 valence electrons. The maximum Gasteiger partial charge on any atom is 0.282 e. The first kappa shape index (κ1) is 21.6. The molecule has 1 aliphatic heterocycles. The summed E-state index contributed by atoms with van der Waals surface area (Å²) >= 11 is 0. The monoisotopic (exact) mass is 393 g/mol. The van der Waals surface area contributed by atoms with Gasteiger partial charge in [-0.25, -0.2) is 0 Å². The summed E-state index contributed by atoms with van der Waals surface area (Å²) < 4.78 is 0.913. The first-order chi connectivity index (χ1) is 14.0. The minimum atomic E-state index is 0.00790. The van der Waals surface area contributed by atoms with Crippen molar-refractivity contribution in [1.82, 2.24) is 0 Å². The van der Waals surface area contributed by atoms with Gasteiger partial charge in [0.05, 0.1) is 19.6 Å². The van der Waals surface area contributed by atoms with Gasteiger partial charge in [0, 0.05) is 18.5 Å². The Kier molecular flexibility index (Phi) is 7.13. The molecule has 0 radical (unpaired) electrons. The molecule has 0 spiro atoms. The van der Waals surface area contributed by atoms with Gasteiger partial charge in [0.2, 0.25) is 0 Å². The van der Waals surface area contributed by atoms with Crippen LogP contribution in [0.1, 0.15) is 62.1 Å². The second-order valence-electron chi connectivity index (χ2n) is 8.70. The van der Waals surface area contributed by atoms with E-state index in [0.29, 0.717) is 5.92 Å². The summed E-state index contributed by atoms with van der Waals surface area (Å²) in [5.74, 6) is 0.798. The van der Waals surface area contributed by atoms with Crippen LogP contribution in [0.4, 0.5) is 5.69 Å². The van der Waals surface area contributed by atoms with E-state index in [1.807, 2.05) is 0 Å². The van der Waals surface area contributed by atoms with Crippen molar-refractivity contribution >= 4 is 11.6 Å². The van der Waals surface area contributed by atoms with Gasteiger partial charge in [-0.15, -0.1) is 0 Å². The van der Waals surface area contributed by atoms with Crippen molar-refractivity contribution in [2.75, 3.05) is 25.0 Å². The average Bonchev–Trinajstić information content (AvgIpc) is 2.96. The molecule has 2 aromatic rings. The summed E-state index contributed by atoms with van der Waals surface area (Å²) in [6.07, 6.45) is 4.44. The molecular weight excluding hydrogens is 356 g/mol. The number of aryl methyl sites for hydroxylation is 2. The Morgan fingerprint density at radius 3 is 2.31 bits per heavy atom. The zero-order chi connectivity index (χ0) is 20.9. The zero-order valence-electron chi connectivity index (χ0n) is 18.6. The van der Waals surface area contributed by atoms with Gasteiger partial charge in [-0.2, -0.15) is 0 Å². The highest BCUT2D eigenvalue weighted by molar-refractivity contribution is 5.95. The van der Waals surface area contributed by atoms with Crippen LogP contribution in [0.3, 0.4) is 0 Å². The molecule has 3 atom stereocenters. The van der Waals surface area contributed by atoms with Crippen LogP contribution >= 0.6 is 0 Å². The smallest absolute Gasteiger partial charge is 0.282 e. The molecule has 3 rings (SSSR count). The molecule has 0 aliphatic carbocycles. The second kappa shape index (κ2) is 9.58. The number of benzene rings is 2. The van der Waals surface area contributed by atoms with E-state index in [-0.39, 0.29) is 11.9 Å². The molecule has 3 unspecified atom stereocenters. The minimum Gasteiger partial charge on any atom is -0.320 e. The first-order valence-corrected chi connectivity index (χ1v) is 11.3. The fraction of sp³-hybridized carbons (Fsp3) is 0.500. The Bertz CT molecular complexity index is 796. The van der Waals surface area contributed by atoms with Crippen molar-refractivity contribution in [1.29, 1.82) is 0 Å². The SMILES string of the molecule is CCC(C(=O)Nc1c(C)cccc1C)[N+]1(CC)CCCC(c2ccccc2)CC1. The third-order valence-electron chi connectivity index (χ3n) is 7.06. The molecule has 3 heteroatoms. The summed E-state index contributed by atoms with van der Waals surface area (Å²) in [5, 5.41) is 3.29. The molecule has 1 aliphatic rings. The van der Waals surface area contributed by atoms with E-state index in [2.05, 4.69) is 81.5 Å². The average molecular weight is 394 g/mol. The fourth-order valence-electron chi connectivity index (χ4n) is 5.27. The van der Waals surface area contributed by atoms with Gasteiger partial charge in [-0.05, 0) is 56.2 Å². The van der Waals surface area contributed by atoms with Crippen molar-refractivity contribution in [3.63, 3.8) is 0 Å². The molecule has 1 fully saturated rings. The second-order valence-corrected chi connectivity index (χ2v) is 8.70. The van der Waals surface area contributed by atoms with Crippen molar-refractivity contribution in [2.24, 2.45) is 0 Å². The molecule has 1 amide bonds. The largest absolute Gasteiger partial charge is 0.320 e. The predicted molar refractivity (Wildman–Crippen MR) is 122 cm³/mol. The quantitative estimate of drug-likeness (QED) is 0.615. The third-order valence-corrected chi connectivity index (χ3v) is 7.06. The number of para-hydroxylation sites is 1. The summed E-state index contributed by atoms with van der Waals surface area (Å²) in [6.45, 7) is 11.8. The highest BCUT2D eigenvalue weighted by atomic mass is 16.2.